The Morgan fingerprint density at radius 1 is 1.44 bits per heavy atom. The molecule has 3 heteroatoms. The summed E-state index contributed by atoms with van der Waals surface area (Å²) in [6, 6.07) is 8.19. The van der Waals surface area contributed by atoms with Gasteiger partial charge in [0, 0.05) is 10.4 Å². The number of benzene rings is 1. The Labute approximate surface area is 105 Å². The van der Waals surface area contributed by atoms with E-state index in [9.17, 15) is 4.79 Å². The van der Waals surface area contributed by atoms with E-state index in [2.05, 4.69) is 33.4 Å². The molecule has 86 valence electrons. The minimum absolute atomic E-state index is 0.0460. The number of amides is 1. The van der Waals surface area contributed by atoms with E-state index in [1.165, 1.54) is 5.56 Å². The predicted molar refractivity (Wildman–Crippen MR) is 68.0 cm³/mol. The van der Waals surface area contributed by atoms with E-state index in [0.29, 0.717) is 0 Å². The van der Waals surface area contributed by atoms with E-state index in [1.54, 1.807) is 0 Å². The van der Waals surface area contributed by atoms with Gasteiger partial charge in [0.15, 0.2) is 0 Å². The lowest BCUT2D eigenvalue weighted by Crippen LogP contribution is -2.37. The zero-order chi connectivity index (χ0) is 11.8. The molecule has 1 fully saturated rings. The van der Waals surface area contributed by atoms with Gasteiger partial charge in [-0.1, -0.05) is 41.9 Å². The van der Waals surface area contributed by atoms with Gasteiger partial charge in [0.2, 0.25) is 5.91 Å². The molecule has 0 heterocycles. The molecule has 1 amide bonds. The number of hydrogen-bond donors (Lipinski definition) is 1. The molecule has 0 aromatic heterocycles. The minimum atomic E-state index is -0.0921. The van der Waals surface area contributed by atoms with Crippen molar-refractivity contribution in [1.29, 1.82) is 0 Å². The van der Waals surface area contributed by atoms with Crippen molar-refractivity contribution >= 4 is 21.8 Å². The quantitative estimate of drug-likeness (QED) is 0.906. The van der Waals surface area contributed by atoms with Crippen molar-refractivity contribution < 1.29 is 4.79 Å². The van der Waals surface area contributed by atoms with Gasteiger partial charge >= 0.3 is 0 Å². The van der Waals surface area contributed by atoms with E-state index < -0.39 is 0 Å². The predicted octanol–water partition coefficient (Wildman–Crippen LogP) is 3.21. The first kappa shape index (κ1) is 11.6. The highest BCUT2D eigenvalue weighted by Gasteiger charge is 2.45. The molecular weight excluding hydrogens is 266 g/mol. The summed E-state index contributed by atoms with van der Waals surface area (Å²) in [5.74, 6) is 0.183. The number of carbonyl (C=O) groups is 1. The highest BCUT2D eigenvalue weighted by atomic mass is 79.9. The number of halogens is 1. The summed E-state index contributed by atoms with van der Waals surface area (Å²) in [6.45, 7) is 3.85. The molecule has 1 saturated carbocycles. The van der Waals surface area contributed by atoms with Gasteiger partial charge < -0.3 is 5.32 Å². The largest absolute Gasteiger partial charge is 0.346 e. The van der Waals surface area contributed by atoms with Crippen LogP contribution in [0, 0.1) is 5.92 Å². The summed E-state index contributed by atoms with van der Waals surface area (Å²) in [4.78, 5) is 11.7. The Hall–Kier alpha value is -0.830. The first-order chi connectivity index (χ1) is 7.53. The normalized spacial score (nSPS) is 17.2. The van der Waals surface area contributed by atoms with Crippen LogP contribution in [0.25, 0.3) is 0 Å². The van der Waals surface area contributed by atoms with Crippen LogP contribution < -0.4 is 5.32 Å². The fourth-order valence-electron chi connectivity index (χ4n) is 1.78. The van der Waals surface area contributed by atoms with E-state index in [-0.39, 0.29) is 17.4 Å². The lowest BCUT2D eigenvalue weighted by molar-refractivity contribution is -0.125. The molecule has 0 bridgehead atoms. The summed E-state index contributed by atoms with van der Waals surface area (Å²) < 4.78 is 1.06. The third-order valence-corrected chi connectivity index (χ3v) is 3.51. The average molecular weight is 282 g/mol. The first-order valence-electron chi connectivity index (χ1n) is 5.61. The smallest absolute Gasteiger partial charge is 0.223 e. The molecule has 0 saturated heterocycles. The lowest BCUT2D eigenvalue weighted by atomic mass is 10.0. The van der Waals surface area contributed by atoms with Crippen molar-refractivity contribution in [2.75, 3.05) is 0 Å². The molecule has 1 aromatic carbocycles. The van der Waals surface area contributed by atoms with Gasteiger partial charge in [0.25, 0.3) is 0 Å². The van der Waals surface area contributed by atoms with Gasteiger partial charge in [-0.05, 0) is 30.5 Å². The summed E-state index contributed by atoms with van der Waals surface area (Å²) in [5, 5.41) is 3.15. The third-order valence-electron chi connectivity index (χ3n) is 3.01. The highest BCUT2D eigenvalue weighted by molar-refractivity contribution is 9.10. The van der Waals surface area contributed by atoms with Gasteiger partial charge in [-0.2, -0.15) is 0 Å². The van der Waals surface area contributed by atoms with E-state index in [1.807, 2.05) is 26.0 Å². The van der Waals surface area contributed by atoms with Crippen molar-refractivity contribution in [2.45, 2.75) is 32.2 Å². The maximum absolute atomic E-state index is 11.7. The number of nitrogens with one attached hydrogen (secondary N) is 1. The van der Waals surface area contributed by atoms with E-state index in [4.69, 9.17) is 0 Å². The van der Waals surface area contributed by atoms with Crippen LogP contribution >= 0.6 is 15.9 Å². The van der Waals surface area contributed by atoms with Gasteiger partial charge in [0.1, 0.15) is 0 Å². The molecule has 0 atom stereocenters. The topological polar surface area (TPSA) is 29.1 Å². The summed E-state index contributed by atoms with van der Waals surface area (Å²) in [5.41, 5.74) is 1.11. The molecule has 1 aliphatic carbocycles. The monoisotopic (exact) mass is 281 g/mol. The van der Waals surface area contributed by atoms with Gasteiger partial charge in [-0.25, -0.2) is 0 Å². The molecule has 2 nitrogen and oxygen atoms in total. The molecular formula is C13H16BrNO. The zero-order valence-electron chi connectivity index (χ0n) is 9.59. The first-order valence-corrected chi connectivity index (χ1v) is 6.41. The SMILES string of the molecule is CC(C)C(=O)NC1(c2cccc(Br)c2)CC1. The Balaban J connectivity index is 2.17. The Bertz CT molecular complexity index is 410. The third kappa shape index (κ3) is 2.29. The zero-order valence-corrected chi connectivity index (χ0v) is 11.2. The second-order valence-electron chi connectivity index (χ2n) is 4.74. The molecule has 16 heavy (non-hydrogen) atoms. The van der Waals surface area contributed by atoms with Crippen LogP contribution in [-0.2, 0) is 10.3 Å². The van der Waals surface area contributed by atoms with Gasteiger partial charge in [-0.3, -0.25) is 4.79 Å². The molecule has 1 N–H and O–H groups in total. The van der Waals surface area contributed by atoms with Crippen LogP contribution in [-0.4, -0.2) is 5.91 Å². The Morgan fingerprint density at radius 2 is 2.12 bits per heavy atom. The fourth-order valence-corrected chi connectivity index (χ4v) is 2.18. The molecule has 2 rings (SSSR count). The van der Waals surface area contributed by atoms with E-state index in [0.717, 1.165) is 17.3 Å². The Morgan fingerprint density at radius 3 is 2.62 bits per heavy atom. The molecule has 0 spiro atoms. The summed E-state index contributed by atoms with van der Waals surface area (Å²) in [7, 11) is 0. The van der Waals surface area contributed by atoms with Crippen LogP contribution in [0.5, 0.6) is 0 Å². The highest BCUT2D eigenvalue weighted by Crippen LogP contribution is 2.46. The van der Waals surface area contributed by atoms with Crippen LogP contribution in [0.1, 0.15) is 32.3 Å². The fraction of sp³-hybridized carbons (Fsp3) is 0.462. The molecule has 1 aromatic rings. The van der Waals surface area contributed by atoms with E-state index >= 15 is 0 Å². The van der Waals surface area contributed by atoms with Crippen LogP contribution in [0.3, 0.4) is 0 Å². The van der Waals surface area contributed by atoms with Crippen molar-refractivity contribution in [1.82, 2.24) is 5.32 Å². The van der Waals surface area contributed by atoms with Crippen LogP contribution in [0.2, 0.25) is 0 Å². The second kappa shape index (κ2) is 4.21. The van der Waals surface area contributed by atoms with Crippen molar-refractivity contribution in [2.24, 2.45) is 5.92 Å². The Kier molecular flexibility index (Phi) is 3.06. The standard InChI is InChI=1S/C13H16BrNO/c1-9(2)12(16)15-13(6-7-13)10-4-3-5-11(14)8-10/h3-5,8-9H,6-7H2,1-2H3,(H,15,16). The number of rotatable bonds is 3. The van der Waals surface area contributed by atoms with Crippen molar-refractivity contribution in [3.8, 4) is 0 Å². The van der Waals surface area contributed by atoms with Gasteiger partial charge in [0.05, 0.1) is 5.54 Å². The number of hydrogen-bond acceptors (Lipinski definition) is 1. The van der Waals surface area contributed by atoms with Gasteiger partial charge in [-0.15, -0.1) is 0 Å². The molecule has 0 radical (unpaired) electrons. The molecule has 0 unspecified atom stereocenters. The molecule has 0 aliphatic heterocycles. The summed E-state index contributed by atoms with van der Waals surface area (Å²) >= 11 is 3.46. The van der Waals surface area contributed by atoms with Crippen LogP contribution in [0.4, 0.5) is 0 Å². The minimum Gasteiger partial charge on any atom is -0.346 e. The number of carbonyl (C=O) groups excluding carboxylic acids is 1. The maximum Gasteiger partial charge on any atom is 0.223 e. The average Bonchev–Trinajstić information content (AvgIpc) is 2.99. The van der Waals surface area contributed by atoms with Crippen molar-refractivity contribution in [3.63, 3.8) is 0 Å². The second-order valence-corrected chi connectivity index (χ2v) is 5.65. The summed E-state index contributed by atoms with van der Waals surface area (Å²) in [6.07, 6.45) is 2.09. The van der Waals surface area contributed by atoms with Crippen LogP contribution in [0.15, 0.2) is 28.7 Å². The molecule has 1 aliphatic rings. The van der Waals surface area contributed by atoms with Crippen molar-refractivity contribution in [3.05, 3.63) is 34.3 Å². The maximum atomic E-state index is 11.7. The lowest BCUT2D eigenvalue weighted by Gasteiger charge is -2.19.